The summed E-state index contributed by atoms with van der Waals surface area (Å²) in [7, 11) is -2.74. The first-order valence-electron chi connectivity index (χ1n) is 8.19. The predicted molar refractivity (Wildman–Crippen MR) is 107 cm³/mol. The van der Waals surface area contributed by atoms with Crippen LogP contribution in [0.15, 0.2) is 64.0 Å². The lowest BCUT2D eigenvalue weighted by Crippen LogP contribution is -2.24. The van der Waals surface area contributed by atoms with Gasteiger partial charge >= 0.3 is 0 Å². The monoisotopic (exact) mass is 342 g/mol. The summed E-state index contributed by atoms with van der Waals surface area (Å²) in [5.41, 5.74) is 0. The Bertz CT molecular complexity index is 670. The Morgan fingerprint density at radius 1 is 0.818 bits per heavy atom. The Labute approximate surface area is 138 Å². The molecular formula is C19H27PSi2. The third kappa shape index (κ3) is 2.89. The van der Waals surface area contributed by atoms with E-state index in [0.717, 1.165) is 0 Å². The zero-order chi connectivity index (χ0) is 16.1. The summed E-state index contributed by atoms with van der Waals surface area (Å²) in [6, 6.07) is 11.2. The van der Waals surface area contributed by atoms with E-state index in [0.29, 0.717) is 5.92 Å². The molecule has 1 aromatic carbocycles. The molecule has 0 nitrogen and oxygen atoms in total. The van der Waals surface area contributed by atoms with E-state index in [9.17, 15) is 0 Å². The van der Waals surface area contributed by atoms with Crippen molar-refractivity contribution in [1.82, 2.24) is 0 Å². The van der Waals surface area contributed by atoms with Crippen LogP contribution in [0.3, 0.4) is 0 Å². The topological polar surface area (TPSA) is 0 Å². The second-order valence-corrected chi connectivity index (χ2v) is 21.2. The molecule has 0 aromatic heterocycles. The zero-order valence-electron chi connectivity index (χ0n) is 14.6. The van der Waals surface area contributed by atoms with Gasteiger partial charge in [0.05, 0.1) is 16.1 Å². The highest BCUT2D eigenvalue weighted by atomic mass is 31.1. The second kappa shape index (κ2) is 5.44. The Kier molecular flexibility index (Phi) is 4.00. The van der Waals surface area contributed by atoms with Crippen LogP contribution in [0.25, 0.3) is 0 Å². The van der Waals surface area contributed by atoms with Crippen molar-refractivity contribution in [3.63, 3.8) is 0 Å². The number of benzene rings is 1. The van der Waals surface area contributed by atoms with Gasteiger partial charge in [-0.15, -0.1) is 0 Å². The zero-order valence-corrected chi connectivity index (χ0v) is 17.5. The fourth-order valence-electron chi connectivity index (χ4n) is 3.23. The lowest BCUT2D eigenvalue weighted by Gasteiger charge is -2.27. The molecule has 1 heterocycles. The minimum atomic E-state index is -1.27. The molecule has 0 radical (unpaired) electrons. The number of fused-ring (bicyclic) bond motifs is 1. The maximum Gasteiger partial charge on any atom is 0.0786 e. The van der Waals surface area contributed by atoms with Crippen LogP contribution in [-0.2, 0) is 0 Å². The molecule has 2 aliphatic rings. The summed E-state index contributed by atoms with van der Waals surface area (Å²) in [5, 5.41) is 4.91. The smallest absolute Gasteiger partial charge is 0.0739 e. The summed E-state index contributed by atoms with van der Waals surface area (Å²) in [4.78, 5) is 1.79. The van der Waals surface area contributed by atoms with Gasteiger partial charge in [0.15, 0.2) is 0 Å². The predicted octanol–water partition coefficient (Wildman–Crippen LogP) is 5.89. The van der Waals surface area contributed by atoms with Gasteiger partial charge in [0.2, 0.25) is 0 Å². The van der Waals surface area contributed by atoms with Crippen LogP contribution in [0.5, 0.6) is 0 Å². The Hall–Kier alpha value is -0.696. The standard InChI is InChI=1S/C19H27PSi2/c1-21(2,3)17-12-15-13-19(22(4,5)6)20(18(15)14-17)16-10-8-7-9-11-16/h7-15H,1-6H3. The molecule has 2 unspecified atom stereocenters. The number of rotatable bonds is 3. The normalized spacial score (nSPS) is 24.7. The molecule has 0 saturated carbocycles. The largest absolute Gasteiger partial charge is 0.0786 e. The molecule has 0 amide bonds. The first kappa shape index (κ1) is 16.2. The van der Waals surface area contributed by atoms with Crippen molar-refractivity contribution in [2.45, 2.75) is 39.3 Å². The molecule has 0 spiro atoms. The number of hydrogen-bond acceptors (Lipinski definition) is 0. The molecule has 1 aliphatic carbocycles. The van der Waals surface area contributed by atoms with Crippen molar-refractivity contribution in [2.24, 2.45) is 5.92 Å². The van der Waals surface area contributed by atoms with Gasteiger partial charge in [-0.2, -0.15) is 0 Å². The molecule has 1 aromatic rings. The highest BCUT2D eigenvalue weighted by Gasteiger charge is 2.40. The van der Waals surface area contributed by atoms with E-state index in [4.69, 9.17) is 0 Å². The average molecular weight is 343 g/mol. The minimum Gasteiger partial charge on any atom is -0.0739 e. The van der Waals surface area contributed by atoms with E-state index >= 15 is 0 Å². The molecule has 0 N–H and O–H groups in total. The van der Waals surface area contributed by atoms with Crippen molar-refractivity contribution in [1.29, 1.82) is 0 Å². The maximum absolute atomic E-state index is 2.63. The van der Waals surface area contributed by atoms with E-state index in [1.54, 1.807) is 20.8 Å². The molecule has 0 bridgehead atoms. The highest BCUT2D eigenvalue weighted by molar-refractivity contribution is 7.77. The molecule has 2 atom stereocenters. The lowest BCUT2D eigenvalue weighted by molar-refractivity contribution is 1.08. The third-order valence-electron chi connectivity index (χ3n) is 4.49. The molecule has 116 valence electrons. The first-order chi connectivity index (χ1) is 10.2. The Morgan fingerprint density at radius 2 is 1.45 bits per heavy atom. The fourth-order valence-corrected chi connectivity index (χ4v) is 11.1. The van der Waals surface area contributed by atoms with Gasteiger partial charge in [-0.05, 0) is 18.5 Å². The van der Waals surface area contributed by atoms with Crippen molar-refractivity contribution in [3.8, 4) is 0 Å². The van der Waals surface area contributed by atoms with E-state index in [1.807, 2.05) is 0 Å². The Morgan fingerprint density at radius 3 is 2.00 bits per heavy atom. The first-order valence-corrected chi connectivity index (χ1v) is 16.5. The van der Waals surface area contributed by atoms with Crippen LogP contribution in [0, 0.1) is 5.92 Å². The van der Waals surface area contributed by atoms with E-state index in [1.165, 1.54) is 0 Å². The molecule has 1 aliphatic heterocycles. The third-order valence-corrected chi connectivity index (χ3v) is 13.3. The van der Waals surface area contributed by atoms with E-state index in [2.05, 4.69) is 87.8 Å². The number of hydrogen-bond donors (Lipinski definition) is 0. The molecule has 0 fully saturated rings. The summed E-state index contributed by atoms with van der Waals surface area (Å²) in [6.45, 7) is 14.9. The van der Waals surface area contributed by atoms with Crippen LogP contribution < -0.4 is 5.30 Å². The van der Waals surface area contributed by atoms with Gasteiger partial charge in [0.1, 0.15) is 0 Å². The summed E-state index contributed by atoms with van der Waals surface area (Å²) in [6.07, 6.45) is 7.79. The summed E-state index contributed by atoms with van der Waals surface area (Å²) in [5.74, 6) is 0.592. The van der Waals surface area contributed by atoms with Gasteiger partial charge < -0.3 is 0 Å². The lowest BCUT2D eigenvalue weighted by atomic mass is 10.2. The molecule has 3 heteroatoms. The van der Waals surface area contributed by atoms with Gasteiger partial charge in [0, 0.05) is 5.92 Å². The summed E-state index contributed by atoms with van der Waals surface area (Å²) >= 11 is 0. The number of allylic oxidation sites excluding steroid dienone is 5. The average Bonchev–Trinajstić information content (AvgIpc) is 2.95. The molecule has 3 rings (SSSR count). The van der Waals surface area contributed by atoms with Crippen molar-refractivity contribution in [2.75, 3.05) is 0 Å². The minimum absolute atomic E-state index is 0.252. The molecule has 22 heavy (non-hydrogen) atoms. The van der Waals surface area contributed by atoms with Crippen LogP contribution >= 0.6 is 7.92 Å². The maximum atomic E-state index is 2.63. The Balaban J connectivity index is 2.09. The molecule has 0 saturated heterocycles. The van der Waals surface area contributed by atoms with Gasteiger partial charge in [-0.1, -0.05) is 98.0 Å². The molecular weight excluding hydrogens is 315 g/mol. The van der Waals surface area contributed by atoms with E-state index < -0.39 is 16.1 Å². The van der Waals surface area contributed by atoms with Crippen molar-refractivity contribution < 1.29 is 0 Å². The van der Waals surface area contributed by atoms with Crippen LogP contribution in [-0.4, -0.2) is 16.1 Å². The van der Waals surface area contributed by atoms with Gasteiger partial charge in [-0.25, -0.2) is 0 Å². The highest BCUT2D eigenvalue weighted by Crippen LogP contribution is 2.64. The van der Waals surface area contributed by atoms with Crippen LogP contribution in [0.2, 0.25) is 39.3 Å². The fraction of sp³-hybridized carbons (Fsp3) is 0.368. The summed E-state index contributed by atoms with van der Waals surface area (Å²) < 4.78 is 0. The van der Waals surface area contributed by atoms with Crippen molar-refractivity contribution >= 4 is 29.4 Å². The SMILES string of the molecule is C[Si](C)(C)C1=CC2C=C([Si](C)(C)C)P(c3ccccc3)C2=C1. The second-order valence-electron chi connectivity index (χ2n) is 8.44. The van der Waals surface area contributed by atoms with E-state index in [-0.39, 0.29) is 7.92 Å². The van der Waals surface area contributed by atoms with Crippen LogP contribution in [0.1, 0.15) is 0 Å². The van der Waals surface area contributed by atoms with Gasteiger partial charge in [-0.3, -0.25) is 0 Å². The quantitative estimate of drug-likeness (QED) is 0.475. The van der Waals surface area contributed by atoms with Crippen molar-refractivity contribution in [3.05, 3.63) is 64.0 Å². The van der Waals surface area contributed by atoms with Gasteiger partial charge in [0.25, 0.3) is 0 Å². The van der Waals surface area contributed by atoms with Crippen LogP contribution in [0.4, 0.5) is 0 Å².